The van der Waals surface area contributed by atoms with E-state index in [-0.39, 0.29) is 0 Å². The molecular weight excluding hydrogens is 168 g/mol. The molecule has 1 aliphatic heterocycles. The molecule has 7 heteroatoms. The molecule has 0 radical (unpaired) electrons. The summed E-state index contributed by atoms with van der Waals surface area (Å²) in [6.45, 7) is -1.40. The van der Waals surface area contributed by atoms with E-state index in [4.69, 9.17) is 20.4 Å². The van der Waals surface area contributed by atoms with Crippen LogP contribution in [0.25, 0.3) is 0 Å². The van der Waals surface area contributed by atoms with Gasteiger partial charge in [0.1, 0.15) is 13.5 Å². The standard InChI is InChI=1S/C5H10N2O5/c8-1-6-3(10)4(11)7(2-9)5(6)12/h3-4,8-11H,1-2H2/t3-,4-/m1/s1. The summed E-state index contributed by atoms with van der Waals surface area (Å²) in [7, 11) is 0. The lowest BCUT2D eigenvalue weighted by Gasteiger charge is -2.15. The zero-order valence-corrected chi connectivity index (χ0v) is 6.16. The van der Waals surface area contributed by atoms with E-state index < -0.39 is 31.9 Å². The highest BCUT2D eigenvalue weighted by Gasteiger charge is 2.43. The highest BCUT2D eigenvalue weighted by molar-refractivity contribution is 5.76. The molecule has 70 valence electrons. The summed E-state index contributed by atoms with van der Waals surface area (Å²) in [5.74, 6) is 0. The minimum Gasteiger partial charge on any atom is -0.376 e. The molecule has 0 aromatic rings. The number of amides is 2. The van der Waals surface area contributed by atoms with Crippen LogP contribution in [0.5, 0.6) is 0 Å². The third kappa shape index (κ3) is 1.12. The van der Waals surface area contributed by atoms with Gasteiger partial charge < -0.3 is 20.4 Å². The average Bonchev–Trinajstić information content (AvgIpc) is 2.25. The lowest BCUT2D eigenvalue weighted by Crippen LogP contribution is -2.37. The minimum absolute atomic E-state index is 0.626. The summed E-state index contributed by atoms with van der Waals surface area (Å²) in [5.41, 5.74) is 0. The second-order valence-corrected chi connectivity index (χ2v) is 2.33. The van der Waals surface area contributed by atoms with Crippen LogP contribution in [0.15, 0.2) is 0 Å². The molecule has 12 heavy (non-hydrogen) atoms. The Labute approximate surface area is 68.1 Å². The van der Waals surface area contributed by atoms with E-state index in [9.17, 15) is 4.79 Å². The first-order chi connectivity index (χ1) is 5.63. The Morgan fingerprint density at radius 1 is 1.08 bits per heavy atom. The van der Waals surface area contributed by atoms with Crippen molar-refractivity contribution >= 4 is 6.03 Å². The molecule has 0 aromatic heterocycles. The van der Waals surface area contributed by atoms with Gasteiger partial charge in [0.2, 0.25) is 0 Å². The summed E-state index contributed by atoms with van der Waals surface area (Å²) in [6, 6.07) is -0.806. The number of aliphatic hydroxyl groups excluding tert-OH is 4. The van der Waals surface area contributed by atoms with Crippen LogP contribution in [0, 0.1) is 0 Å². The fourth-order valence-electron chi connectivity index (χ4n) is 1.00. The quantitative estimate of drug-likeness (QED) is 0.367. The van der Waals surface area contributed by atoms with Crippen molar-refractivity contribution in [3.8, 4) is 0 Å². The van der Waals surface area contributed by atoms with Gasteiger partial charge in [-0.2, -0.15) is 0 Å². The maximum atomic E-state index is 11.0. The van der Waals surface area contributed by atoms with Crippen LogP contribution >= 0.6 is 0 Å². The van der Waals surface area contributed by atoms with E-state index in [2.05, 4.69) is 0 Å². The summed E-state index contributed by atoms with van der Waals surface area (Å²) in [6.07, 6.45) is -2.98. The summed E-state index contributed by atoms with van der Waals surface area (Å²) < 4.78 is 0. The number of carbonyl (C=O) groups excluding carboxylic acids is 1. The third-order valence-electron chi connectivity index (χ3n) is 1.70. The molecule has 1 fully saturated rings. The van der Waals surface area contributed by atoms with Crippen LogP contribution in [0.1, 0.15) is 0 Å². The number of urea groups is 1. The Hall–Kier alpha value is -0.890. The molecule has 2 atom stereocenters. The number of hydrogen-bond donors (Lipinski definition) is 4. The van der Waals surface area contributed by atoms with E-state index in [0.29, 0.717) is 9.80 Å². The minimum atomic E-state index is -1.49. The largest absolute Gasteiger partial charge is 0.376 e. The maximum absolute atomic E-state index is 11.0. The predicted molar refractivity (Wildman–Crippen MR) is 35.3 cm³/mol. The maximum Gasteiger partial charge on any atom is 0.328 e. The Morgan fingerprint density at radius 2 is 1.42 bits per heavy atom. The fourth-order valence-corrected chi connectivity index (χ4v) is 1.00. The highest BCUT2D eigenvalue weighted by Crippen LogP contribution is 2.17. The van der Waals surface area contributed by atoms with Crippen molar-refractivity contribution in [2.75, 3.05) is 13.5 Å². The molecule has 4 N–H and O–H groups in total. The molecule has 1 heterocycles. The van der Waals surface area contributed by atoms with Crippen LogP contribution in [-0.2, 0) is 0 Å². The molecule has 7 nitrogen and oxygen atoms in total. The Bertz CT molecular complexity index is 169. The van der Waals surface area contributed by atoms with Gasteiger partial charge in [0.05, 0.1) is 0 Å². The van der Waals surface area contributed by atoms with E-state index in [1.807, 2.05) is 0 Å². The Morgan fingerprint density at radius 3 is 1.58 bits per heavy atom. The SMILES string of the molecule is O=C1N(CO)[C@H](O)[C@@H](O)N1CO. The van der Waals surface area contributed by atoms with E-state index in [1.165, 1.54) is 0 Å². The van der Waals surface area contributed by atoms with Gasteiger partial charge in [-0.3, -0.25) is 9.80 Å². The number of nitrogens with zero attached hydrogens (tertiary/aromatic N) is 2. The topological polar surface area (TPSA) is 104 Å². The van der Waals surface area contributed by atoms with Crippen molar-refractivity contribution in [1.82, 2.24) is 9.80 Å². The van der Waals surface area contributed by atoms with Crippen LogP contribution in [0.2, 0.25) is 0 Å². The van der Waals surface area contributed by atoms with Crippen LogP contribution in [0.3, 0.4) is 0 Å². The molecule has 0 aliphatic carbocycles. The van der Waals surface area contributed by atoms with Gasteiger partial charge in [-0.25, -0.2) is 4.79 Å². The lowest BCUT2D eigenvalue weighted by molar-refractivity contribution is -0.0924. The van der Waals surface area contributed by atoms with Crippen molar-refractivity contribution in [2.45, 2.75) is 12.5 Å². The Balaban J connectivity index is 2.78. The molecule has 1 saturated heterocycles. The lowest BCUT2D eigenvalue weighted by atomic mass is 10.5. The number of carbonyl (C=O) groups is 1. The summed E-state index contributed by atoms with van der Waals surface area (Å²) in [4.78, 5) is 12.3. The average molecular weight is 178 g/mol. The monoisotopic (exact) mass is 178 g/mol. The fraction of sp³-hybridized carbons (Fsp3) is 0.800. The van der Waals surface area contributed by atoms with Crippen LogP contribution in [0.4, 0.5) is 4.79 Å². The predicted octanol–water partition coefficient (Wildman–Crippen LogP) is -2.74. The first-order valence-corrected chi connectivity index (χ1v) is 3.28. The normalized spacial score (nSPS) is 30.2. The van der Waals surface area contributed by atoms with Crippen LogP contribution in [-0.4, -0.2) is 62.2 Å². The second kappa shape index (κ2) is 3.23. The number of rotatable bonds is 2. The van der Waals surface area contributed by atoms with Crippen molar-refractivity contribution in [3.05, 3.63) is 0 Å². The van der Waals surface area contributed by atoms with Crippen molar-refractivity contribution in [3.63, 3.8) is 0 Å². The third-order valence-corrected chi connectivity index (χ3v) is 1.70. The second-order valence-electron chi connectivity index (χ2n) is 2.33. The van der Waals surface area contributed by atoms with E-state index >= 15 is 0 Å². The molecular formula is C5H10N2O5. The van der Waals surface area contributed by atoms with Gasteiger partial charge in [0, 0.05) is 0 Å². The van der Waals surface area contributed by atoms with Gasteiger partial charge in [0.15, 0.2) is 12.5 Å². The van der Waals surface area contributed by atoms with Gasteiger partial charge in [-0.15, -0.1) is 0 Å². The molecule has 0 saturated carbocycles. The van der Waals surface area contributed by atoms with Gasteiger partial charge >= 0.3 is 6.03 Å². The van der Waals surface area contributed by atoms with Gasteiger partial charge in [-0.05, 0) is 0 Å². The van der Waals surface area contributed by atoms with Gasteiger partial charge in [0.25, 0.3) is 0 Å². The van der Waals surface area contributed by atoms with Crippen molar-refractivity contribution in [1.29, 1.82) is 0 Å². The summed E-state index contributed by atoms with van der Waals surface area (Å²) >= 11 is 0. The molecule has 1 aliphatic rings. The molecule has 0 aromatic carbocycles. The Kier molecular flexibility index (Phi) is 2.48. The molecule has 1 rings (SSSR count). The first-order valence-electron chi connectivity index (χ1n) is 3.28. The van der Waals surface area contributed by atoms with E-state index in [1.54, 1.807) is 0 Å². The number of hydrogen-bond acceptors (Lipinski definition) is 5. The molecule has 0 unspecified atom stereocenters. The smallest absolute Gasteiger partial charge is 0.328 e. The van der Waals surface area contributed by atoms with Crippen molar-refractivity contribution in [2.24, 2.45) is 0 Å². The van der Waals surface area contributed by atoms with Crippen molar-refractivity contribution < 1.29 is 25.2 Å². The highest BCUT2D eigenvalue weighted by atomic mass is 16.4. The molecule has 0 spiro atoms. The van der Waals surface area contributed by atoms with Gasteiger partial charge in [-0.1, -0.05) is 0 Å². The number of aliphatic hydroxyl groups is 4. The first kappa shape index (κ1) is 9.20. The van der Waals surface area contributed by atoms with E-state index in [0.717, 1.165) is 0 Å². The summed E-state index contributed by atoms with van der Waals surface area (Å²) in [5, 5.41) is 35.3. The molecule has 0 bridgehead atoms. The molecule has 2 amide bonds. The zero-order chi connectivity index (χ0) is 9.30. The zero-order valence-electron chi connectivity index (χ0n) is 6.16. The van der Waals surface area contributed by atoms with Crippen LogP contribution < -0.4 is 0 Å².